The number of benzene rings is 3. The van der Waals surface area contributed by atoms with Crippen molar-refractivity contribution >= 4 is 39.1 Å². The van der Waals surface area contributed by atoms with Crippen molar-refractivity contribution in [3.63, 3.8) is 0 Å². The standard InChI is InChI=1S/C29H34ClN3O5S/c1-31-29(35)27(19-22-10-5-4-6-11-22)32(21-23-12-7-13-24(30)18-23)28(34)16-9-17-33(39(3,36)37)25-14-8-15-26(20-25)38-2/h4-8,10-15,18,20,27H,9,16-17,19,21H2,1-3H3,(H,31,35)/t27-/m0/s1. The first-order valence-electron chi connectivity index (χ1n) is 12.5. The zero-order chi connectivity index (χ0) is 28.4. The van der Waals surface area contributed by atoms with E-state index in [-0.39, 0.29) is 37.7 Å². The SMILES string of the molecule is CNC(=O)[C@H](Cc1ccccc1)N(Cc1cccc(Cl)c1)C(=O)CCCN(c1cccc(OC)c1)S(C)(=O)=O. The Labute approximate surface area is 235 Å². The quantitative estimate of drug-likeness (QED) is 0.330. The molecule has 2 amide bonds. The number of nitrogens with zero attached hydrogens (tertiary/aromatic N) is 2. The maximum atomic E-state index is 13.7. The van der Waals surface area contributed by atoms with Crippen molar-refractivity contribution in [1.82, 2.24) is 10.2 Å². The van der Waals surface area contributed by atoms with E-state index in [0.717, 1.165) is 17.4 Å². The summed E-state index contributed by atoms with van der Waals surface area (Å²) in [6, 6.07) is 22.6. The van der Waals surface area contributed by atoms with Crippen molar-refractivity contribution in [3.05, 3.63) is 95.0 Å². The van der Waals surface area contributed by atoms with Gasteiger partial charge in [0.25, 0.3) is 0 Å². The van der Waals surface area contributed by atoms with Crippen LogP contribution in [0, 0.1) is 0 Å². The summed E-state index contributed by atoms with van der Waals surface area (Å²) < 4.78 is 31.6. The van der Waals surface area contributed by atoms with Crippen LogP contribution in [-0.2, 0) is 32.6 Å². The molecule has 0 spiro atoms. The summed E-state index contributed by atoms with van der Waals surface area (Å²) >= 11 is 6.19. The van der Waals surface area contributed by atoms with Crippen molar-refractivity contribution in [1.29, 1.82) is 0 Å². The molecule has 1 N–H and O–H groups in total. The smallest absolute Gasteiger partial charge is 0.242 e. The minimum atomic E-state index is -3.61. The second-order valence-electron chi connectivity index (χ2n) is 9.11. The van der Waals surface area contributed by atoms with Gasteiger partial charge < -0.3 is 15.0 Å². The third-order valence-electron chi connectivity index (χ3n) is 6.25. The minimum absolute atomic E-state index is 0.0405. The molecule has 0 aliphatic heterocycles. The first kappa shape index (κ1) is 30.0. The first-order chi connectivity index (χ1) is 18.6. The van der Waals surface area contributed by atoms with Gasteiger partial charge in [0.15, 0.2) is 0 Å². The van der Waals surface area contributed by atoms with E-state index in [1.807, 2.05) is 36.4 Å². The summed E-state index contributed by atoms with van der Waals surface area (Å²) in [4.78, 5) is 28.3. The molecule has 0 saturated carbocycles. The highest BCUT2D eigenvalue weighted by Crippen LogP contribution is 2.24. The highest BCUT2D eigenvalue weighted by molar-refractivity contribution is 7.92. The fourth-order valence-electron chi connectivity index (χ4n) is 4.32. The largest absolute Gasteiger partial charge is 0.497 e. The minimum Gasteiger partial charge on any atom is -0.497 e. The lowest BCUT2D eigenvalue weighted by molar-refractivity contribution is -0.141. The number of ether oxygens (including phenoxy) is 1. The van der Waals surface area contributed by atoms with Crippen LogP contribution in [0.2, 0.25) is 5.02 Å². The maximum Gasteiger partial charge on any atom is 0.242 e. The van der Waals surface area contributed by atoms with Gasteiger partial charge in [0.1, 0.15) is 11.8 Å². The molecule has 208 valence electrons. The number of carbonyl (C=O) groups is 2. The molecule has 39 heavy (non-hydrogen) atoms. The van der Waals surface area contributed by atoms with Crippen LogP contribution < -0.4 is 14.4 Å². The van der Waals surface area contributed by atoms with E-state index in [1.54, 1.807) is 54.4 Å². The molecule has 0 saturated heterocycles. The van der Waals surface area contributed by atoms with Crippen molar-refractivity contribution < 1.29 is 22.7 Å². The number of anilines is 1. The summed E-state index contributed by atoms with van der Waals surface area (Å²) in [5.74, 6) is -0.0266. The van der Waals surface area contributed by atoms with E-state index in [9.17, 15) is 18.0 Å². The molecular formula is C29H34ClN3O5S. The fraction of sp³-hybridized carbons (Fsp3) is 0.310. The molecule has 0 bridgehead atoms. The number of likely N-dealkylation sites (N-methyl/N-ethyl adjacent to an activating group) is 1. The third-order valence-corrected chi connectivity index (χ3v) is 7.68. The molecule has 1 atom stereocenters. The monoisotopic (exact) mass is 571 g/mol. The molecule has 0 radical (unpaired) electrons. The molecule has 0 aliphatic rings. The van der Waals surface area contributed by atoms with E-state index < -0.39 is 16.1 Å². The first-order valence-corrected chi connectivity index (χ1v) is 14.8. The van der Waals surface area contributed by atoms with Crippen LogP contribution in [0.1, 0.15) is 24.0 Å². The Morgan fingerprint density at radius 3 is 2.31 bits per heavy atom. The molecule has 0 unspecified atom stereocenters. The van der Waals surface area contributed by atoms with Gasteiger partial charge in [-0.15, -0.1) is 0 Å². The molecule has 0 aliphatic carbocycles. The molecule has 0 fully saturated rings. The molecule has 3 aromatic rings. The van der Waals surface area contributed by atoms with Crippen molar-refractivity contribution in [2.45, 2.75) is 31.8 Å². The van der Waals surface area contributed by atoms with Crippen LogP contribution >= 0.6 is 11.6 Å². The van der Waals surface area contributed by atoms with Gasteiger partial charge in [-0.2, -0.15) is 0 Å². The summed E-state index contributed by atoms with van der Waals surface area (Å²) in [7, 11) is -0.563. The van der Waals surface area contributed by atoms with Gasteiger partial charge in [-0.1, -0.05) is 60.1 Å². The number of nitrogens with one attached hydrogen (secondary N) is 1. The Hall–Kier alpha value is -3.56. The fourth-order valence-corrected chi connectivity index (χ4v) is 5.49. The van der Waals surface area contributed by atoms with Crippen LogP contribution in [0.25, 0.3) is 0 Å². The number of halogens is 1. The van der Waals surface area contributed by atoms with E-state index in [2.05, 4.69) is 5.32 Å². The van der Waals surface area contributed by atoms with Gasteiger partial charge in [0, 0.05) is 44.1 Å². The number of sulfonamides is 1. The Kier molecular flexibility index (Phi) is 10.8. The van der Waals surface area contributed by atoms with Gasteiger partial charge in [-0.05, 0) is 41.8 Å². The number of amides is 2. The normalized spacial score (nSPS) is 11.9. The topological polar surface area (TPSA) is 96.0 Å². The summed E-state index contributed by atoms with van der Waals surface area (Å²) in [5, 5.41) is 3.22. The van der Waals surface area contributed by atoms with Crippen LogP contribution in [-0.4, -0.2) is 58.1 Å². The Bertz CT molecular complexity index is 1370. The predicted octanol–water partition coefficient (Wildman–Crippen LogP) is 4.28. The molecular weight excluding hydrogens is 538 g/mol. The predicted molar refractivity (Wildman–Crippen MR) is 154 cm³/mol. The Balaban J connectivity index is 1.85. The zero-order valence-corrected chi connectivity index (χ0v) is 23.9. The lowest BCUT2D eigenvalue weighted by Crippen LogP contribution is -2.49. The van der Waals surface area contributed by atoms with Gasteiger partial charge in [-0.25, -0.2) is 8.42 Å². The second kappa shape index (κ2) is 14.0. The number of hydrogen-bond acceptors (Lipinski definition) is 5. The van der Waals surface area contributed by atoms with Crippen molar-refractivity contribution in [2.75, 3.05) is 31.3 Å². The van der Waals surface area contributed by atoms with Crippen molar-refractivity contribution in [3.8, 4) is 5.75 Å². The van der Waals surface area contributed by atoms with E-state index in [4.69, 9.17) is 16.3 Å². The Morgan fingerprint density at radius 1 is 0.974 bits per heavy atom. The molecule has 3 rings (SSSR count). The second-order valence-corrected chi connectivity index (χ2v) is 11.5. The maximum absolute atomic E-state index is 13.7. The highest BCUT2D eigenvalue weighted by Gasteiger charge is 2.30. The van der Waals surface area contributed by atoms with Gasteiger partial charge in [0.2, 0.25) is 21.8 Å². The Morgan fingerprint density at radius 2 is 1.67 bits per heavy atom. The van der Waals surface area contributed by atoms with Gasteiger partial charge in [-0.3, -0.25) is 13.9 Å². The number of carbonyl (C=O) groups excluding carboxylic acids is 2. The summed E-state index contributed by atoms with van der Waals surface area (Å²) in [6.45, 7) is 0.266. The molecule has 0 heterocycles. The van der Waals surface area contributed by atoms with Crippen LogP contribution in [0.5, 0.6) is 5.75 Å². The molecule has 3 aromatic carbocycles. The lowest BCUT2D eigenvalue weighted by Gasteiger charge is -2.31. The number of methoxy groups -OCH3 is 1. The summed E-state index contributed by atoms with van der Waals surface area (Å²) in [5.41, 5.74) is 2.15. The number of rotatable bonds is 13. The van der Waals surface area contributed by atoms with Crippen LogP contribution in [0.3, 0.4) is 0 Å². The summed E-state index contributed by atoms with van der Waals surface area (Å²) in [6.07, 6.45) is 1.74. The molecule has 8 nitrogen and oxygen atoms in total. The molecule has 10 heteroatoms. The van der Waals surface area contributed by atoms with Gasteiger partial charge >= 0.3 is 0 Å². The average molecular weight is 572 g/mol. The third kappa shape index (κ3) is 8.73. The van der Waals surface area contributed by atoms with E-state index in [1.165, 1.54) is 11.4 Å². The number of hydrogen-bond donors (Lipinski definition) is 1. The van der Waals surface area contributed by atoms with Crippen molar-refractivity contribution in [2.24, 2.45) is 0 Å². The molecule has 0 aromatic heterocycles. The highest BCUT2D eigenvalue weighted by atomic mass is 35.5. The lowest BCUT2D eigenvalue weighted by atomic mass is 10.0. The average Bonchev–Trinajstić information content (AvgIpc) is 2.92. The van der Waals surface area contributed by atoms with Crippen LogP contribution in [0.15, 0.2) is 78.9 Å². The zero-order valence-electron chi connectivity index (χ0n) is 22.3. The van der Waals surface area contributed by atoms with Gasteiger partial charge in [0.05, 0.1) is 19.1 Å². The van der Waals surface area contributed by atoms with E-state index in [0.29, 0.717) is 22.9 Å². The van der Waals surface area contributed by atoms with Crippen LogP contribution in [0.4, 0.5) is 5.69 Å². The van der Waals surface area contributed by atoms with E-state index >= 15 is 0 Å².